The number of hydrogen-bond donors (Lipinski definition) is 2. The third-order valence-electron chi connectivity index (χ3n) is 4.07. The van der Waals surface area contributed by atoms with Crippen LogP contribution < -0.4 is 5.73 Å². The van der Waals surface area contributed by atoms with E-state index in [9.17, 15) is 4.79 Å². The van der Waals surface area contributed by atoms with E-state index in [1.807, 2.05) is 4.90 Å². The Kier molecular flexibility index (Phi) is 2.81. The van der Waals surface area contributed by atoms with Gasteiger partial charge in [0.15, 0.2) is 0 Å². The van der Waals surface area contributed by atoms with Crippen molar-refractivity contribution in [1.29, 1.82) is 0 Å². The number of nitrogens with one attached hydrogen (secondary N) is 1. The van der Waals surface area contributed by atoms with Crippen molar-refractivity contribution in [3.05, 3.63) is 42.2 Å². The second-order valence-corrected chi connectivity index (χ2v) is 5.46. The van der Waals surface area contributed by atoms with Gasteiger partial charge in [-0.2, -0.15) is 10.2 Å². The molecule has 22 heavy (non-hydrogen) atoms. The van der Waals surface area contributed by atoms with Gasteiger partial charge in [-0.05, 0) is 18.6 Å². The average molecular weight is 297 g/mol. The van der Waals surface area contributed by atoms with Gasteiger partial charge in [0, 0.05) is 30.9 Å². The highest BCUT2D eigenvalue weighted by atomic mass is 16.2. The number of aromatic amines is 1. The van der Waals surface area contributed by atoms with Crippen LogP contribution in [0.4, 0.5) is 5.69 Å². The van der Waals surface area contributed by atoms with E-state index in [1.54, 1.807) is 29.0 Å². The second-order valence-electron chi connectivity index (χ2n) is 5.46. The van der Waals surface area contributed by atoms with Crippen molar-refractivity contribution in [2.75, 3.05) is 18.8 Å². The first-order valence-corrected chi connectivity index (χ1v) is 7.10. The van der Waals surface area contributed by atoms with Crippen LogP contribution in [-0.4, -0.2) is 48.7 Å². The topological polar surface area (TPSA) is 105 Å². The number of nitrogen functional groups attached to an aromatic ring is 1. The SMILES string of the molecule is Nc1ccn2ncc(C(=O)N3CCC(c4ncn[nH]4)C3)c2c1. The van der Waals surface area contributed by atoms with E-state index in [-0.39, 0.29) is 11.8 Å². The van der Waals surface area contributed by atoms with Crippen molar-refractivity contribution >= 4 is 17.1 Å². The summed E-state index contributed by atoms with van der Waals surface area (Å²) in [5.41, 5.74) is 7.72. The number of nitrogens with zero attached hydrogens (tertiary/aromatic N) is 5. The molecule has 1 fully saturated rings. The number of hydrogen-bond acceptors (Lipinski definition) is 5. The molecule has 1 saturated heterocycles. The van der Waals surface area contributed by atoms with E-state index in [0.717, 1.165) is 17.8 Å². The van der Waals surface area contributed by atoms with Crippen molar-refractivity contribution < 1.29 is 4.79 Å². The van der Waals surface area contributed by atoms with Crippen LogP contribution in [0.25, 0.3) is 5.52 Å². The molecule has 1 atom stereocenters. The Morgan fingerprint density at radius 3 is 3.18 bits per heavy atom. The minimum absolute atomic E-state index is 0.0254. The molecule has 4 rings (SSSR count). The lowest BCUT2D eigenvalue weighted by atomic mass is 10.1. The molecule has 0 aromatic carbocycles. The summed E-state index contributed by atoms with van der Waals surface area (Å²) in [4.78, 5) is 18.7. The van der Waals surface area contributed by atoms with Crippen molar-refractivity contribution in [2.45, 2.75) is 12.3 Å². The van der Waals surface area contributed by atoms with Gasteiger partial charge in [-0.3, -0.25) is 9.89 Å². The van der Waals surface area contributed by atoms with Crippen molar-refractivity contribution in [1.82, 2.24) is 29.7 Å². The molecule has 1 unspecified atom stereocenters. The molecular formula is C14H15N7O. The Bertz CT molecular complexity index is 823. The van der Waals surface area contributed by atoms with Gasteiger partial charge in [0.05, 0.1) is 17.3 Å². The molecule has 3 aromatic heterocycles. The number of pyridine rings is 1. The lowest BCUT2D eigenvalue weighted by Crippen LogP contribution is -2.28. The van der Waals surface area contributed by atoms with Crippen LogP contribution in [0, 0.1) is 0 Å². The maximum Gasteiger partial charge on any atom is 0.257 e. The van der Waals surface area contributed by atoms with Crippen LogP contribution in [0.3, 0.4) is 0 Å². The Balaban J connectivity index is 1.60. The predicted molar refractivity (Wildman–Crippen MR) is 79.2 cm³/mol. The number of fused-ring (bicyclic) bond motifs is 1. The number of H-pyrrole nitrogens is 1. The molecule has 1 aliphatic heterocycles. The quantitative estimate of drug-likeness (QED) is 0.723. The number of carbonyl (C=O) groups excluding carboxylic acids is 1. The standard InChI is InChI=1S/C14H15N7O/c15-10-2-4-21-12(5-10)11(6-18-21)14(22)20-3-1-9(7-20)13-16-8-17-19-13/h2,4-6,8-9H,1,3,7,15H2,(H,16,17,19). The fourth-order valence-corrected chi connectivity index (χ4v) is 2.91. The molecule has 112 valence electrons. The number of rotatable bonds is 2. The summed E-state index contributed by atoms with van der Waals surface area (Å²) in [6.07, 6.45) is 5.72. The van der Waals surface area contributed by atoms with Crippen LogP contribution in [0.15, 0.2) is 30.9 Å². The number of amides is 1. The lowest BCUT2D eigenvalue weighted by Gasteiger charge is -2.15. The number of aromatic nitrogens is 5. The molecule has 4 heterocycles. The van der Waals surface area contributed by atoms with E-state index < -0.39 is 0 Å². The summed E-state index contributed by atoms with van der Waals surface area (Å²) in [7, 11) is 0. The molecule has 8 nitrogen and oxygen atoms in total. The van der Waals surface area contributed by atoms with E-state index in [2.05, 4.69) is 20.3 Å². The van der Waals surface area contributed by atoms with Crippen LogP contribution in [0.1, 0.15) is 28.5 Å². The fourth-order valence-electron chi connectivity index (χ4n) is 2.91. The molecule has 3 N–H and O–H groups in total. The van der Waals surface area contributed by atoms with E-state index in [4.69, 9.17) is 5.73 Å². The molecule has 1 amide bonds. The Morgan fingerprint density at radius 1 is 1.45 bits per heavy atom. The molecule has 0 aliphatic carbocycles. The number of anilines is 1. The minimum Gasteiger partial charge on any atom is -0.399 e. The molecule has 0 saturated carbocycles. The maximum absolute atomic E-state index is 12.7. The zero-order chi connectivity index (χ0) is 15.1. The van der Waals surface area contributed by atoms with E-state index in [0.29, 0.717) is 24.3 Å². The molecular weight excluding hydrogens is 282 g/mol. The minimum atomic E-state index is -0.0254. The summed E-state index contributed by atoms with van der Waals surface area (Å²) in [5, 5.41) is 11.0. The highest BCUT2D eigenvalue weighted by Crippen LogP contribution is 2.26. The number of carbonyl (C=O) groups is 1. The van der Waals surface area contributed by atoms with Crippen LogP contribution >= 0.6 is 0 Å². The first-order valence-electron chi connectivity index (χ1n) is 7.10. The number of nitrogens with two attached hydrogens (primary N) is 1. The van der Waals surface area contributed by atoms with E-state index >= 15 is 0 Å². The molecule has 1 aliphatic rings. The van der Waals surface area contributed by atoms with Gasteiger partial charge in [0.2, 0.25) is 0 Å². The van der Waals surface area contributed by atoms with Crippen LogP contribution in [0.5, 0.6) is 0 Å². The van der Waals surface area contributed by atoms with Crippen LogP contribution in [0.2, 0.25) is 0 Å². The summed E-state index contributed by atoms with van der Waals surface area (Å²) in [5.74, 6) is 1.01. The zero-order valence-electron chi connectivity index (χ0n) is 11.8. The Labute approximate surface area is 125 Å². The molecule has 0 bridgehead atoms. The zero-order valence-corrected chi connectivity index (χ0v) is 11.8. The Morgan fingerprint density at radius 2 is 2.36 bits per heavy atom. The molecule has 0 spiro atoms. The Hall–Kier alpha value is -2.90. The summed E-state index contributed by atoms with van der Waals surface area (Å²) in [6.45, 7) is 1.33. The van der Waals surface area contributed by atoms with Gasteiger partial charge in [-0.25, -0.2) is 9.50 Å². The third kappa shape index (κ3) is 2.00. The highest BCUT2D eigenvalue weighted by Gasteiger charge is 2.30. The predicted octanol–water partition coefficient (Wildman–Crippen LogP) is 0.664. The summed E-state index contributed by atoms with van der Waals surface area (Å²) in [6, 6.07) is 3.52. The monoisotopic (exact) mass is 297 g/mol. The fraction of sp³-hybridized carbons (Fsp3) is 0.286. The summed E-state index contributed by atoms with van der Waals surface area (Å²) < 4.78 is 1.66. The third-order valence-corrected chi connectivity index (χ3v) is 4.07. The van der Waals surface area contributed by atoms with E-state index in [1.165, 1.54) is 6.33 Å². The van der Waals surface area contributed by atoms with Gasteiger partial charge in [-0.15, -0.1) is 0 Å². The highest BCUT2D eigenvalue weighted by molar-refractivity contribution is 6.01. The van der Waals surface area contributed by atoms with Gasteiger partial charge < -0.3 is 10.6 Å². The first-order chi connectivity index (χ1) is 10.7. The van der Waals surface area contributed by atoms with Gasteiger partial charge in [-0.1, -0.05) is 0 Å². The smallest absolute Gasteiger partial charge is 0.257 e. The van der Waals surface area contributed by atoms with Gasteiger partial charge in [0.25, 0.3) is 5.91 Å². The molecule has 8 heteroatoms. The average Bonchev–Trinajstić information content (AvgIpc) is 3.25. The normalized spacial score (nSPS) is 18.2. The second kappa shape index (κ2) is 4.83. The lowest BCUT2D eigenvalue weighted by molar-refractivity contribution is 0.0792. The molecule has 3 aromatic rings. The van der Waals surface area contributed by atoms with Crippen LogP contribution in [-0.2, 0) is 0 Å². The maximum atomic E-state index is 12.7. The number of likely N-dealkylation sites (tertiary alicyclic amines) is 1. The largest absolute Gasteiger partial charge is 0.399 e. The first kappa shape index (κ1) is 12.8. The van der Waals surface area contributed by atoms with Gasteiger partial charge in [0.1, 0.15) is 12.2 Å². The van der Waals surface area contributed by atoms with Crippen molar-refractivity contribution in [3.63, 3.8) is 0 Å². The molecule has 0 radical (unpaired) electrons. The van der Waals surface area contributed by atoms with Crippen molar-refractivity contribution in [3.8, 4) is 0 Å². The van der Waals surface area contributed by atoms with Crippen molar-refractivity contribution in [2.24, 2.45) is 0 Å². The summed E-state index contributed by atoms with van der Waals surface area (Å²) >= 11 is 0. The van der Waals surface area contributed by atoms with Gasteiger partial charge >= 0.3 is 0 Å².